The van der Waals surface area contributed by atoms with E-state index in [1.165, 1.54) is 4.57 Å². The van der Waals surface area contributed by atoms with Crippen molar-refractivity contribution < 1.29 is 9.52 Å². The van der Waals surface area contributed by atoms with E-state index in [9.17, 15) is 9.90 Å². The molecule has 0 saturated carbocycles. The summed E-state index contributed by atoms with van der Waals surface area (Å²) < 4.78 is 7.37. The normalized spacial score (nSPS) is 12.2. The van der Waals surface area contributed by atoms with E-state index in [4.69, 9.17) is 4.42 Å². The Morgan fingerprint density at radius 1 is 1.50 bits per heavy atom. The molecule has 0 aliphatic heterocycles. The van der Waals surface area contributed by atoms with E-state index in [0.29, 0.717) is 11.1 Å². The van der Waals surface area contributed by atoms with Crippen LogP contribution in [0.25, 0.3) is 11.1 Å². The zero-order chi connectivity index (χ0) is 11.9. The second-order valence-electron chi connectivity index (χ2n) is 4.38. The number of hydrogen-bond donors (Lipinski definition) is 1. The Morgan fingerprint density at radius 2 is 2.19 bits per heavy atom. The number of oxazole rings is 1. The highest BCUT2D eigenvalue weighted by molar-refractivity contribution is 9.10. The van der Waals surface area contributed by atoms with Crippen LogP contribution in [-0.2, 0) is 6.54 Å². The third-order valence-corrected chi connectivity index (χ3v) is 2.67. The molecule has 4 nitrogen and oxygen atoms in total. The van der Waals surface area contributed by atoms with Crippen molar-refractivity contribution >= 4 is 27.0 Å². The number of aliphatic hydroxyl groups is 1. The molecule has 0 spiro atoms. The first-order valence-electron chi connectivity index (χ1n) is 4.88. The first-order valence-corrected chi connectivity index (χ1v) is 5.67. The van der Waals surface area contributed by atoms with Gasteiger partial charge in [-0.05, 0) is 32.0 Å². The molecule has 0 saturated heterocycles. The minimum absolute atomic E-state index is 0.204. The van der Waals surface area contributed by atoms with E-state index in [-0.39, 0.29) is 6.54 Å². The first-order chi connectivity index (χ1) is 7.37. The SMILES string of the molecule is CC(C)(O)Cn1c(=O)oc2ccc(Br)cc21. The topological polar surface area (TPSA) is 55.4 Å². The molecule has 16 heavy (non-hydrogen) atoms. The zero-order valence-corrected chi connectivity index (χ0v) is 10.6. The van der Waals surface area contributed by atoms with Gasteiger partial charge in [-0.3, -0.25) is 4.57 Å². The van der Waals surface area contributed by atoms with Crippen molar-refractivity contribution in [1.29, 1.82) is 0 Å². The Balaban J connectivity index is 2.63. The predicted molar refractivity (Wildman–Crippen MR) is 64.5 cm³/mol. The summed E-state index contributed by atoms with van der Waals surface area (Å²) in [6, 6.07) is 5.33. The van der Waals surface area contributed by atoms with Crippen LogP contribution in [0.2, 0.25) is 0 Å². The van der Waals surface area contributed by atoms with Gasteiger partial charge in [0.1, 0.15) is 0 Å². The minimum Gasteiger partial charge on any atom is -0.408 e. The van der Waals surface area contributed by atoms with Gasteiger partial charge in [0.25, 0.3) is 0 Å². The lowest BCUT2D eigenvalue weighted by Crippen LogP contribution is -2.30. The lowest BCUT2D eigenvalue weighted by atomic mass is 10.1. The summed E-state index contributed by atoms with van der Waals surface area (Å²) in [6.07, 6.45) is 0. The summed E-state index contributed by atoms with van der Waals surface area (Å²) >= 11 is 3.34. The molecule has 2 aromatic rings. The number of hydrogen-bond acceptors (Lipinski definition) is 3. The molecular weight excluding hydrogens is 274 g/mol. The molecular formula is C11H12BrNO3. The fraction of sp³-hybridized carbons (Fsp3) is 0.364. The minimum atomic E-state index is -0.955. The molecule has 0 atom stereocenters. The largest absolute Gasteiger partial charge is 0.420 e. The molecule has 5 heteroatoms. The van der Waals surface area contributed by atoms with E-state index in [1.54, 1.807) is 32.0 Å². The maximum absolute atomic E-state index is 11.6. The molecule has 2 rings (SSSR count). The lowest BCUT2D eigenvalue weighted by molar-refractivity contribution is 0.0605. The molecule has 0 unspecified atom stereocenters. The van der Waals surface area contributed by atoms with Crippen LogP contribution in [0.3, 0.4) is 0 Å². The van der Waals surface area contributed by atoms with E-state index in [1.807, 2.05) is 0 Å². The highest BCUT2D eigenvalue weighted by Crippen LogP contribution is 2.20. The molecule has 0 bridgehead atoms. The molecule has 0 fully saturated rings. The molecule has 0 radical (unpaired) electrons. The van der Waals surface area contributed by atoms with Crippen LogP contribution in [-0.4, -0.2) is 15.3 Å². The van der Waals surface area contributed by atoms with Gasteiger partial charge >= 0.3 is 5.76 Å². The van der Waals surface area contributed by atoms with Crippen molar-refractivity contribution in [2.45, 2.75) is 26.0 Å². The molecule has 1 N–H and O–H groups in total. The molecule has 1 heterocycles. The van der Waals surface area contributed by atoms with Gasteiger partial charge in [-0.15, -0.1) is 0 Å². The van der Waals surface area contributed by atoms with Gasteiger partial charge in [0, 0.05) is 4.47 Å². The summed E-state index contributed by atoms with van der Waals surface area (Å²) in [5, 5.41) is 9.73. The van der Waals surface area contributed by atoms with Crippen LogP contribution in [0.15, 0.2) is 31.9 Å². The van der Waals surface area contributed by atoms with E-state index < -0.39 is 11.4 Å². The van der Waals surface area contributed by atoms with Gasteiger partial charge in [0.05, 0.1) is 17.7 Å². The van der Waals surface area contributed by atoms with Crippen LogP contribution >= 0.6 is 15.9 Å². The van der Waals surface area contributed by atoms with Crippen LogP contribution in [0, 0.1) is 0 Å². The molecule has 1 aromatic heterocycles. The number of halogens is 1. The number of rotatable bonds is 2. The summed E-state index contributed by atoms with van der Waals surface area (Å²) in [5.74, 6) is -0.449. The Morgan fingerprint density at radius 3 is 2.81 bits per heavy atom. The van der Waals surface area contributed by atoms with Crippen molar-refractivity contribution in [3.05, 3.63) is 33.2 Å². The highest BCUT2D eigenvalue weighted by Gasteiger charge is 2.18. The lowest BCUT2D eigenvalue weighted by Gasteiger charge is -2.16. The highest BCUT2D eigenvalue weighted by atomic mass is 79.9. The van der Waals surface area contributed by atoms with Gasteiger partial charge in [0.15, 0.2) is 5.58 Å². The van der Waals surface area contributed by atoms with Crippen LogP contribution < -0.4 is 5.76 Å². The summed E-state index contributed by atoms with van der Waals surface area (Å²) in [7, 11) is 0. The molecule has 0 amide bonds. The number of aromatic nitrogens is 1. The average molecular weight is 286 g/mol. The van der Waals surface area contributed by atoms with Crippen molar-refractivity contribution in [3.8, 4) is 0 Å². The van der Waals surface area contributed by atoms with Crippen molar-refractivity contribution in [2.75, 3.05) is 0 Å². The smallest absolute Gasteiger partial charge is 0.408 e. The third-order valence-electron chi connectivity index (χ3n) is 2.17. The Labute approximate surface area is 101 Å². The maximum Gasteiger partial charge on any atom is 0.420 e. The number of fused-ring (bicyclic) bond motifs is 1. The Kier molecular flexibility index (Phi) is 2.67. The first kappa shape index (κ1) is 11.4. The molecule has 86 valence electrons. The van der Waals surface area contributed by atoms with Crippen molar-refractivity contribution in [3.63, 3.8) is 0 Å². The maximum atomic E-state index is 11.6. The Bertz CT molecular complexity index is 577. The van der Waals surface area contributed by atoms with Gasteiger partial charge in [-0.1, -0.05) is 15.9 Å². The average Bonchev–Trinajstić information content (AvgIpc) is 2.42. The van der Waals surface area contributed by atoms with Crippen LogP contribution in [0.4, 0.5) is 0 Å². The predicted octanol–water partition coefficient (Wildman–Crippen LogP) is 2.13. The van der Waals surface area contributed by atoms with E-state index >= 15 is 0 Å². The molecule has 1 aromatic carbocycles. The Hall–Kier alpha value is -1.07. The second-order valence-corrected chi connectivity index (χ2v) is 5.29. The fourth-order valence-corrected chi connectivity index (χ4v) is 1.92. The van der Waals surface area contributed by atoms with Crippen molar-refractivity contribution in [1.82, 2.24) is 4.57 Å². The van der Waals surface area contributed by atoms with Gasteiger partial charge in [0.2, 0.25) is 0 Å². The number of nitrogens with zero attached hydrogens (tertiary/aromatic N) is 1. The molecule has 0 aliphatic rings. The molecule has 0 aliphatic carbocycles. The van der Waals surface area contributed by atoms with Crippen molar-refractivity contribution in [2.24, 2.45) is 0 Å². The zero-order valence-electron chi connectivity index (χ0n) is 9.03. The van der Waals surface area contributed by atoms with Crippen LogP contribution in [0.5, 0.6) is 0 Å². The summed E-state index contributed by atoms with van der Waals surface area (Å²) in [4.78, 5) is 11.6. The fourth-order valence-electron chi connectivity index (χ4n) is 1.57. The summed E-state index contributed by atoms with van der Waals surface area (Å²) in [5.41, 5.74) is 0.252. The summed E-state index contributed by atoms with van der Waals surface area (Å²) in [6.45, 7) is 3.50. The third kappa shape index (κ3) is 2.20. The number of benzene rings is 1. The van der Waals surface area contributed by atoms with E-state index in [2.05, 4.69) is 15.9 Å². The second kappa shape index (κ2) is 3.75. The van der Waals surface area contributed by atoms with Gasteiger partial charge in [-0.2, -0.15) is 0 Å². The quantitative estimate of drug-likeness (QED) is 0.920. The van der Waals surface area contributed by atoms with Gasteiger partial charge in [-0.25, -0.2) is 4.79 Å². The van der Waals surface area contributed by atoms with Crippen LogP contribution in [0.1, 0.15) is 13.8 Å². The standard InChI is InChI=1S/C11H12BrNO3/c1-11(2,15)6-13-8-5-7(12)3-4-9(8)16-10(13)14/h3-5,15H,6H2,1-2H3. The monoisotopic (exact) mass is 285 g/mol. The van der Waals surface area contributed by atoms with Gasteiger partial charge < -0.3 is 9.52 Å². The van der Waals surface area contributed by atoms with E-state index in [0.717, 1.165) is 4.47 Å².